The van der Waals surface area contributed by atoms with Crippen molar-refractivity contribution in [1.29, 1.82) is 0 Å². The molecule has 0 aliphatic heterocycles. The summed E-state index contributed by atoms with van der Waals surface area (Å²) in [4.78, 5) is 2.39. The SMILES string of the molecule is CC(C)(C)c1cccc2c1oc1c(N(c3ccc(-c4ccccc4)cc3)c3cccc4sc5ccccc5c34)cccc12. The van der Waals surface area contributed by atoms with Crippen LogP contribution in [-0.2, 0) is 5.41 Å². The number of benzene rings is 6. The largest absolute Gasteiger partial charge is 0.454 e. The van der Waals surface area contributed by atoms with Crippen molar-refractivity contribution in [2.75, 3.05) is 4.90 Å². The van der Waals surface area contributed by atoms with Gasteiger partial charge < -0.3 is 9.32 Å². The van der Waals surface area contributed by atoms with Crippen molar-refractivity contribution in [3.05, 3.63) is 139 Å². The summed E-state index contributed by atoms with van der Waals surface area (Å²) >= 11 is 1.85. The van der Waals surface area contributed by atoms with Gasteiger partial charge in [-0.2, -0.15) is 0 Å². The Morgan fingerprint density at radius 1 is 0.512 bits per heavy atom. The third-order valence-electron chi connectivity index (χ3n) is 8.41. The third-order valence-corrected chi connectivity index (χ3v) is 9.54. The van der Waals surface area contributed by atoms with Crippen LogP contribution in [0, 0.1) is 0 Å². The molecule has 0 amide bonds. The molecule has 8 rings (SSSR count). The van der Waals surface area contributed by atoms with E-state index in [2.05, 4.69) is 159 Å². The van der Waals surface area contributed by atoms with Gasteiger partial charge in [-0.1, -0.05) is 118 Å². The fourth-order valence-electron chi connectivity index (χ4n) is 6.36. The molecule has 0 N–H and O–H groups in total. The van der Waals surface area contributed by atoms with E-state index in [0.29, 0.717) is 0 Å². The molecule has 208 valence electrons. The maximum atomic E-state index is 6.90. The van der Waals surface area contributed by atoms with Crippen molar-refractivity contribution < 1.29 is 4.42 Å². The molecule has 0 aliphatic rings. The Kier molecular flexibility index (Phi) is 5.92. The monoisotopic (exact) mass is 573 g/mol. The van der Waals surface area contributed by atoms with Gasteiger partial charge in [0.15, 0.2) is 5.58 Å². The van der Waals surface area contributed by atoms with Crippen LogP contribution < -0.4 is 4.90 Å². The summed E-state index contributed by atoms with van der Waals surface area (Å²) in [6.07, 6.45) is 0. The lowest BCUT2D eigenvalue weighted by Gasteiger charge is -2.26. The highest BCUT2D eigenvalue weighted by molar-refractivity contribution is 7.26. The molecule has 8 aromatic rings. The van der Waals surface area contributed by atoms with Crippen LogP contribution in [0.1, 0.15) is 26.3 Å². The molecule has 2 nitrogen and oxygen atoms in total. The summed E-state index contributed by atoms with van der Waals surface area (Å²) in [5.74, 6) is 0. The summed E-state index contributed by atoms with van der Waals surface area (Å²) < 4.78 is 9.47. The van der Waals surface area contributed by atoms with Crippen LogP contribution in [-0.4, -0.2) is 0 Å². The summed E-state index contributed by atoms with van der Waals surface area (Å²) in [6.45, 7) is 6.75. The van der Waals surface area contributed by atoms with Crippen LogP contribution in [0.4, 0.5) is 17.1 Å². The van der Waals surface area contributed by atoms with Gasteiger partial charge in [0.25, 0.3) is 0 Å². The van der Waals surface area contributed by atoms with Gasteiger partial charge in [0, 0.05) is 42.2 Å². The quantitative estimate of drug-likeness (QED) is 0.208. The number of thiophene rings is 1. The number of nitrogens with zero attached hydrogens (tertiary/aromatic N) is 1. The average Bonchev–Trinajstić information content (AvgIpc) is 3.61. The van der Waals surface area contributed by atoms with Gasteiger partial charge >= 0.3 is 0 Å². The summed E-state index contributed by atoms with van der Waals surface area (Å²) in [7, 11) is 0. The van der Waals surface area contributed by atoms with Crippen molar-refractivity contribution in [3.63, 3.8) is 0 Å². The first-order valence-electron chi connectivity index (χ1n) is 14.8. The molecular weight excluding hydrogens is 543 g/mol. The molecule has 0 spiro atoms. The second-order valence-corrected chi connectivity index (χ2v) is 13.3. The van der Waals surface area contributed by atoms with Crippen molar-refractivity contribution in [2.24, 2.45) is 0 Å². The highest BCUT2D eigenvalue weighted by Gasteiger charge is 2.25. The zero-order chi connectivity index (χ0) is 29.1. The van der Waals surface area contributed by atoms with Gasteiger partial charge in [0.05, 0.1) is 11.4 Å². The molecule has 0 saturated heterocycles. The van der Waals surface area contributed by atoms with E-state index in [1.807, 2.05) is 11.3 Å². The molecule has 0 fully saturated rings. The van der Waals surface area contributed by atoms with E-state index in [0.717, 1.165) is 39.0 Å². The third kappa shape index (κ3) is 4.23. The molecule has 0 saturated carbocycles. The Hall–Kier alpha value is -4.86. The predicted molar refractivity (Wildman–Crippen MR) is 185 cm³/mol. The minimum absolute atomic E-state index is 0.0400. The van der Waals surface area contributed by atoms with Crippen LogP contribution in [0.2, 0.25) is 0 Å². The first-order chi connectivity index (χ1) is 21.0. The van der Waals surface area contributed by atoms with E-state index in [1.54, 1.807) is 0 Å². The molecule has 2 heterocycles. The molecular formula is C40H31NOS. The molecule has 0 unspecified atom stereocenters. The maximum absolute atomic E-state index is 6.90. The van der Waals surface area contributed by atoms with Gasteiger partial charge in [-0.15, -0.1) is 11.3 Å². The van der Waals surface area contributed by atoms with Gasteiger partial charge in [0.1, 0.15) is 5.58 Å². The number of furan rings is 1. The Labute approximate surface area is 255 Å². The number of rotatable bonds is 4. The van der Waals surface area contributed by atoms with Gasteiger partial charge in [-0.3, -0.25) is 0 Å². The van der Waals surface area contributed by atoms with E-state index >= 15 is 0 Å². The number of anilines is 3. The maximum Gasteiger partial charge on any atom is 0.159 e. The second kappa shape index (κ2) is 9.86. The van der Waals surface area contributed by atoms with Crippen LogP contribution in [0.15, 0.2) is 138 Å². The van der Waals surface area contributed by atoms with Crippen molar-refractivity contribution in [1.82, 2.24) is 0 Å². The zero-order valence-corrected chi connectivity index (χ0v) is 25.3. The van der Waals surface area contributed by atoms with Crippen molar-refractivity contribution in [3.8, 4) is 11.1 Å². The fraction of sp³-hybridized carbons (Fsp3) is 0.100. The van der Waals surface area contributed by atoms with Gasteiger partial charge in [0.2, 0.25) is 0 Å². The molecule has 43 heavy (non-hydrogen) atoms. The minimum atomic E-state index is -0.0400. The van der Waals surface area contributed by atoms with Gasteiger partial charge in [-0.05, 0) is 52.9 Å². The molecule has 2 aromatic heterocycles. The first-order valence-corrected chi connectivity index (χ1v) is 15.6. The summed E-state index contributed by atoms with van der Waals surface area (Å²) in [5.41, 5.74) is 8.72. The number of hydrogen-bond donors (Lipinski definition) is 0. The average molecular weight is 574 g/mol. The van der Waals surface area contributed by atoms with E-state index in [9.17, 15) is 0 Å². The van der Waals surface area contributed by atoms with E-state index in [4.69, 9.17) is 4.42 Å². The van der Waals surface area contributed by atoms with E-state index < -0.39 is 0 Å². The fourth-order valence-corrected chi connectivity index (χ4v) is 7.48. The van der Waals surface area contributed by atoms with E-state index in [-0.39, 0.29) is 5.41 Å². The second-order valence-electron chi connectivity index (χ2n) is 12.2. The minimum Gasteiger partial charge on any atom is -0.454 e. The zero-order valence-electron chi connectivity index (χ0n) is 24.5. The Morgan fingerprint density at radius 2 is 1.12 bits per heavy atom. The first kappa shape index (κ1) is 25.8. The smallest absolute Gasteiger partial charge is 0.159 e. The summed E-state index contributed by atoms with van der Waals surface area (Å²) in [6, 6.07) is 47.9. The highest BCUT2D eigenvalue weighted by atomic mass is 32.1. The predicted octanol–water partition coefficient (Wildman–Crippen LogP) is 12.4. The number of para-hydroxylation sites is 2. The number of hydrogen-bond acceptors (Lipinski definition) is 3. The molecule has 0 atom stereocenters. The van der Waals surface area contributed by atoms with Crippen LogP contribution in [0.5, 0.6) is 0 Å². The molecule has 3 heteroatoms. The topological polar surface area (TPSA) is 16.4 Å². The summed E-state index contributed by atoms with van der Waals surface area (Å²) in [5, 5.41) is 4.82. The Morgan fingerprint density at radius 3 is 1.91 bits per heavy atom. The molecule has 0 bridgehead atoms. The van der Waals surface area contributed by atoms with Gasteiger partial charge in [-0.25, -0.2) is 0 Å². The standard InChI is InChI=1S/C40H31NOS/c1-40(2,3)32-17-9-15-29-30-16-10-19-34(39(30)42-38(29)32)41(28-24-22-27(23-25-28)26-12-5-4-6-13-26)33-18-11-21-36-37(33)31-14-7-8-20-35(31)43-36/h4-25H,1-3H3. The normalized spacial score (nSPS) is 12.1. The van der Waals surface area contributed by atoms with Crippen molar-refractivity contribution >= 4 is 70.5 Å². The van der Waals surface area contributed by atoms with Crippen LogP contribution >= 0.6 is 11.3 Å². The molecule has 0 aliphatic carbocycles. The van der Waals surface area contributed by atoms with Crippen molar-refractivity contribution in [2.45, 2.75) is 26.2 Å². The molecule has 0 radical (unpaired) electrons. The van der Waals surface area contributed by atoms with E-state index in [1.165, 1.54) is 36.9 Å². The molecule has 6 aromatic carbocycles. The lowest BCUT2D eigenvalue weighted by atomic mass is 9.86. The lowest BCUT2D eigenvalue weighted by Crippen LogP contribution is -2.11. The lowest BCUT2D eigenvalue weighted by molar-refractivity contribution is 0.573. The highest BCUT2D eigenvalue weighted by Crippen LogP contribution is 2.48. The Bertz CT molecular complexity index is 2270. The van der Waals surface area contributed by atoms with Crippen LogP contribution in [0.25, 0.3) is 53.2 Å². The number of fused-ring (bicyclic) bond motifs is 6. The Balaban J connectivity index is 1.42. The van der Waals surface area contributed by atoms with Crippen LogP contribution in [0.3, 0.4) is 0 Å².